The Morgan fingerprint density at radius 2 is 0.792 bits per heavy atom. The van der Waals surface area contributed by atoms with Crippen LogP contribution in [0.1, 0.15) is 23.6 Å². The molecule has 3 aromatic rings. The van der Waals surface area contributed by atoms with Gasteiger partial charge >= 0.3 is 0 Å². The van der Waals surface area contributed by atoms with Crippen LogP contribution in [0.3, 0.4) is 0 Å². The molecule has 0 aliphatic heterocycles. The van der Waals surface area contributed by atoms with Crippen LogP contribution in [-0.4, -0.2) is 11.7 Å². The van der Waals surface area contributed by atoms with Crippen molar-refractivity contribution in [2.75, 3.05) is 6.61 Å². The number of hydrogen-bond donors (Lipinski definition) is 1. The molecule has 0 atom stereocenters. The summed E-state index contributed by atoms with van der Waals surface area (Å²) < 4.78 is 0. The normalized spacial score (nSPS) is 8.38. The minimum absolute atomic E-state index is 0.250. The molecule has 0 bridgehead atoms. The van der Waals surface area contributed by atoms with Crippen molar-refractivity contribution in [1.29, 1.82) is 0 Å². The van der Waals surface area contributed by atoms with E-state index in [9.17, 15) is 0 Å². The van der Waals surface area contributed by atoms with Gasteiger partial charge in [-0.3, -0.25) is 0 Å². The Bertz CT molecular complexity index is 556. The molecule has 128 valence electrons. The van der Waals surface area contributed by atoms with Crippen LogP contribution in [0.5, 0.6) is 0 Å². The Balaban J connectivity index is 0.000000308. The van der Waals surface area contributed by atoms with Crippen LogP contribution in [0, 0.1) is 20.8 Å². The van der Waals surface area contributed by atoms with Gasteiger partial charge < -0.3 is 5.11 Å². The van der Waals surface area contributed by atoms with Gasteiger partial charge in [0.1, 0.15) is 0 Å². The molecule has 0 amide bonds. The van der Waals surface area contributed by atoms with Crippen molar-refractivity contribution in [3.05, 3.63) is 108 Å². The van der Waals surface area contributed by atoms with Crippen LogP contribution in [0.4, 0.5) is 0 Å². The van der Waals surface area contributed by atoms with Gasteiger partial charge in [-0.25, -0.2) is 0 Å². The fourth-order valence-corrected chi connectivity index (χ4v) is 1.58. The first kappa shape index (κ1) is 21.6. The Hall–Kier alpha value is -2.38. The van der Waals surface area contributed by atoms with Crippen LogP contribution in [0.25, 0.3) is 0 Å². The Kier molecular flexibility index (Phi) is 14.0. The topological polar surface area (TPSA) is 20.2 Å². The summed E-state index contributed by atoms with van der Waals surface area (Å²) in [5, 5.41) is 7.57. The molecule has 0 heterocycles. The van der Waals surface area contributed by atoms with Crippen LogP contribution in [-0.2, 0) is 0 Å². The molecule has 3 aromatic carbocycles. The number of aryl methyl sites for hydroxylation is 3. The van der Waals surface area contributed by atoms with E-state index in [1.165, 1.54) is 16.7 Å². The Morgan fingerprint density at radius 3 is 1.00 bits per heavy atom. The monoisotopic (exact) mass is 322 g/mol. The Morgan fingerprint density at radius 1 is 0.542 bits per heavy atom. The molecule has 0 fully saturated rings. The van der Waals surface area contributed by atoms with Crippen molar-refractivity contribution < 1.29 is 5.11 Å². The quantitative estimate of drug-likeness (QED) is 0.539. The van der Waals surface area contributed by atoms with E-state index in [1.54, 1.807) is 6.92 Å². The maximum atomic E-state index is 7.57. The summed E-state index contributed by atoms with van der Waals surface area (Å²) in [6.45, 7) is 8.25. The number of aliphatic hydroxyl groups is 1. The lowest BCUT2D eigenvalue weighted by Gasteiger charge is -1.93. The predicted octanol–water partition coefficient (Wildman–Crippen LogP) is 5.98. The molecule has 0 aliphatic carbocycles. The van der Waals surface area contributed by atoms with E-state index in [2.05, 4.69) is 57.2 Å². The second-order valence-corrected chi connectivity index (χ2v) is 5.21. The summed E-state index contributed by atoms with van der Waals surface area (Å²) in [5.41, 5.74) is 4.06. The highest BCUT2D eigenvalue weighted by molar-refractivity contribution is 5.23. The summed E-state index contributed by atoms with van der Waals surface area (Å²) in [4.78, 5) is 0. The van der Waals surface area contributed by atoms with E-state index in [1.807, 2.05) is 54.6 Å². The van der Waals surface area contributed by atoms with Gasteiger partial charge in [0.2, 0.25) is 0 Å². The first-order chi connectivity index (χ1) is 11.6. The van der Waals surface area contributed by atoms with Crippen molar-refractivity contribution in [1.82, 2.24) is 0 Å². The van der Waals surface area contributed by atoms with Crippen molar-refractivity contribution in [2.45, 2.75) is 27.7 Å². The third kappa shape index (κ3) is 13.3. The van der Waals surface area contributed by atoms with Gasteiger partial charge in [-0.2, -0.15) is 0 Å². The zero-order chi connectivity index (χ0) is 18.0. The second-order valence-electron chi connectivity index (χ2n) is 5.21. The van der Waals surface area contributed by atoms with Crippen LogP contribution >= 0.6 is 0 Å². The summed E-state index contributed by atoms with van der Waals surface area (Å²) in [5.74, 6) is 0. The van der Waals surface area contributed by atoms with Gasteiger partial charge in [0.25, 0.3) is 0 Å². The fraction of sp³-hybridized carbons (Fsp3) is 0.217. The highest BCUT2D eigenvalue weighted by Gasteiger charge is 1.83. The van der Waals surface area contributed by atoms with Crippen molar-refractivity contribution in [3.63, 3.8) is 0 Å². The number of aliphatic hydroxyl groups excluding tert-OH is 1. The molecule has 1 nitrogen and oxygen atoms in total. The van der Waals surface area contributed by atoms with E-state index in [0.29, 0.717) is 0 Å². The van der Waals surface area contributed by atoms with Gasteiger partial charge in [-0.1, -0.05) is 96.6 Å². The van der Waals surface area contributed by atoms with E-state index in [-0.39, 0.29) is 6.61 Å². The molecular weight excluding hydrogens is 292 g/mol. The fourth-order valence-electron chi connectivity index (χ4n) is 1.58. The highest BCUT2D eigenvalue weighted by Crippen LogP contribution is 2.02. The summed E-state index contributed by atoms with van der Waals surface area (Å²) in [6, 6.07) is 30.6. The Labute approximate surface area is 147 Å². The van der Waals surface area contributed by atoms with Crippen LogP contribution < -0.4 is 0 Å². The molecule has 3 rings (SSSR count). The first-order valence-electron chi connectivity index (χ1n) is 8.26. The van der Waals surface area contributed by atoms with E-state index in [0.717, 1.165) is 0 Å². The van der Waals surface area contributed by atoms with Crippen molar-refractivity contribution in [3.8, 4) is 0 Å². The molecule has 0 radical (unpaired) electrons. The molecule has 24 heavy (non-hydrogen) atoms. The third-order valence-electron chi connectivity index (χ3n) is 3.03. The molecule has 1 heteroatoms. The van der Waals surface area contributed by atoms with Crippen molar-refractivity contribution in [2.24, 2.45) is 0 Å². The molecule has 0 aromatic heterocycles. The third-order valence-corrected chi connectivity index (χ3v) is 3.03. The number of hydrogen-bond acceptors (Lipinski definition) is 1. The lowest BCUT2D eigenvalue weighted by molar-refractivity contribution is 0.318. The smallest absolute Gasteiger partial charge is 0.0402 e. The van der Waals surface area contributed by atoms with Crippen molar-refractivity contribution >= 4 is 0 Å². The maximum absolute atomic E-state index is 7.57. The van der Waals surface area contributed by atoms with Gasteiger partial charge in [-0.05, 0) is 38.8 Å². The second kappa shape index (κ2) is 15.5. The largest absolute Gasteiger partial charge is 0.397 e. The molecule has 0 saturated heterocycles. The van der Waals surface area contributed by atoms with Gasteiger partial charge in [-0.15, -0.1) is 0 Å². The molecule has 0 unspecified atom stereocenters. The zero-order valence-electron chi connectivity index (χ0n) is 15.3. The minimum atomic E-state index is 0.250. The van der Waals surface area contributed by atoms with E-state index in [4.69, 9.17) is 5.11 Å². The van der Waals surface area contributed by atoms with E-state index < -0.39 is 0 Å². The lowest BCUT2D eigenvalue weighted by atomic mass is 10.1. The highest BCUT2D eigenvalue weighted by atomic mass is 16.2. The SMILES string of the molecule is CCO.Cc1ccccc1.Cc1ccccc1C.c1ccccc1. The first-order valence-corrected chi connectivity index (χ1v) is 8.26. The molecule has 0 spiro atoms. The minimum Gasteiger partial charge on any atom is -0.397 e. The van der Waals surface area contributed by atoms with Gasteiger partial charge in [0.15, 0.2) is 0 Å². The summed E-state index contributed by atoms with van der Waals surface area (Å²) >= 11 is 0. The lowest BCUT2D eigenvalue weighted by Crippen LogP contribution is -1.74. The zero-order valence-corrected chi connectivity index (χ0v) is 15.3. The number of rotatable bonds is 0. The average molecular weight is 322 g/mol. The predicted molar refractivity (Wildman–Crippen MR) is 106 cm³/mol. The van der Waals surface area contributed by atoms with Crippen LogP contribution in [0.2, 0.25) is 0 Å². The molecular formula is C23H30O. The molecule has 0 aliphatic rings. The maximum Gasteiger partial charge on any atom is 0.0402 e. The molecule has 0 saturated carbocycles. The molecule has 1 N–H and O–H groups in total. The summed E-state index contributed by atoms with van der Waals surface area (Å²) in [6.07, 6.45) is 0. The van der Waals surface area contributed by atoms with E-state index >= 15 is 0 Å². The van der Waals surface area contributed by atoms with Gasteiger partial charge in [0, 0.05) is 6.61 Å². The average Bonchev–Trinajstić information content (AvgIpc) is 2.62. The summed E-state index contributed by atoms with van der Waals surface area (Å²) in [7, 11) is 0. The number of benzene rings is 3. The standard InChI is InChI=1S/C8H10.C7H8.C6H6.C2H6O/c1-7-5-3-4-6-8(7)2;1-7-5-3-2-4-6-7;1-2-4-6-5-3-1;1-2-3/h3-6H,1-2H3;2-6H,1H3;1-6H;3H,2H2,1H3. The van der Waals surface area contributed by atoms with Gasteiger partial charge in [0.05, 0.1) is 0 Å². The van der Waals surface area contributed by atoms with Crippen LogP contribution in [0.15, 0.2) is 91.0 Å².